The Bertz CT molecular complexity index is 455. The summed E-state index contributed by atoms with van der Waals surface area (Å²) in [6.45, 7) is 6.01. The average Bonchev–Trinajstić information content (AvgIpc) is 2.52. The van der Waals surface area contributed by atoms with Gasteiger partial charge in [0, 0.05) is 31.2 Å². The average molecular weight is 272 g/mol. The third-order valence-electron chi connectivity index (χ3n) is 3.97. The van der Waals surface area contributed by atoms with E-state index in [0.717, 1.165) is 31.5 Å². The van der Waals surface area contributed by atoms with Crippen LogP contribution in [0, 0.1) is 0 Å². The molecule has 0 aromatic heterocycles. The minimum Gasteiger partial charge on any atom is -0.333 e. The Kier molecular flexibility index (Phi) is 5.36. The zero-order valence-corrected chi connectivity index (χ0v) is 12.4. The molecule has 3 nitrogen and oxygen atoms in total. The molecule has 1 aliphatic rings. The number of hydrogen-bond donors (Lipinski definition) is 1. The number of rotatable bonds is 4. The maximum atomic E-state index is 12.4. The molecular formula is C17H24N2O. The first-order valence-electron chi connectivity index (χ1n) is 7.51. The van der Waals surface area contributed by atoms with Crippen molar-refractivity contribution in [2.45, 2.75) is 38.8 Å². The van der Waals surface area contributed by atoms with Crippen molar-refractivity contribution < 1.29 is 4.79 Å². The number of nitrogens with zero attached hydrogens (tertiary/aromatic N) is 1. The van der Waals surface area contributed by atoms with Gasteiger partial charge in [-0.3, -0.25) is 4.79 Å². The highest BCUT2D eigenvalue weighted by atomic mass is 16.2. The number of carbonyl (C=O) groups is 1. The number of nitrogens with one attached hydrogen (secondary N) is 1. The van der Waals surface area contributed by atoms with Crippen LogP contribution >= 0.6 is 0 Å². The lowest BCUT2D eigenvalue weighted by Gasteiger charge is -2.39. The third kappa shape index (κ3) is 3.70. The van der Waals surface area contributed by atoms with Gasteiger partial charge in [0.25, 0.3) is 0 Å². The molecule has 0 bridgehead atoms. The number of piperazine rings is 1. The molecule has 1 aliphatic heterocycles. The Labute approximate surface area is 121 Å². The summed E-state index contributed by atoms with van der Waals surface area (Å²) in [7, 11) is 0. The van der Waals surface area contributed by atoms with E-state index in [-0.39, 0.29) is 5.91 Å². The summed E-state index contributed by atoms with van der Waals surface area (Å²) in [6.07, 6.45) is 5.66. The molecule has 1 saturated heterocycles. The Morgan fingerprint density at radius 1 is 1.30 bits per heavy atom. The first kappa shape index (κ1) is 14.8. The van der Waals surface area contributed by atoms with Crippen molar-refractivity contribution in [2.24, 2.45) is 0 Å². The van der Waals surface area contributed by atoms with Crippen LogP contribution in [0.2, 0.25) is 0 Å². The molecular weight excluding hydrogens is 248 g/mol. The minimum atomic E-state index is 0.126. The fourth-order valence-corrected chi connectivity index (χ4v) is 2.60. The van der Waals surface area contributed by atoms with Crippen LogP contribution in [0.4, 0.5) is 0 Å². The predicted octanol–water partition coefficient (Wildman–Crippen LogP) is 2.69. The molecule has 2 atom stereocenters. The molecule has 1 heterocycles. The molecule has 1 N–H and O–H groups in total. The minimum absolute atomic E-state index is 0.126. The van der Waals surface area contributed by atoms with E-state index >= 15 is 0 Å². The van der Waals surface area contributed by atoms with E-state index in [2.05, 4.69) is 19.2 Å². The fourth-order valence-electron chi connectivity index (χ4n) is 2.60. The summed E-state index contributed by atoms with van der Waals surface area (Å²) in [5, 5.41) is 3.51. The fraction of sp³-hybridized carbons (Fsp3) is 0.471. The lowest BCUT2D eigenvalue weighted by atomic mass is 10.0. The zero-order chi connectivity index (χ0) is 14.4. The van der Waals surface area contributed by atoms with Crippen LogP contribution in [-0.2, 0) is 4.79 Å². The second-order valence-corrected chi connectivity index (χ2v) is 5.31. The van der Waals surface area contributed by atoms with Gasteiger partial charge >= 0.3 is 0 Å². The van der Waals surface area contributed by atoms with E-state index in [4.69, 9.17) is 0 Å². The van der Waals surface area contributed by atoms with Gasteiger partial charge in [0.2, 0.25) is 5.91 Å². The molecule has 108 valence electrons. The largest absolute Gasteiger partial charge is 0.333 e. The zero-order valence-electron chi connectivity index (χ0n) is 12.4. The lowest BCUT2D eigenvalue weighted by molar-refractivity contribution is -0.129. The van der Waals surface area contributed by atoms with Crippen molar-refractivity contribution in [3.63, 3.8) is 0 Å². The lowest BCUT2D eigenvalue weighted by Crippen LogP contribution is -2.57. The number of benzene rings is 1. The van der Waals surface area contributed by atoms with Crippen LogP contribution in [-0.4, -0.2) is 36.0 Å². The normalized spacial score (nSPS) is 23.2. The molecule has 0 saturated carbocycles. The number of carbonyl (C=O) groups excluding carboxylic acids is 1. The summed E-state index contributed by atoms with van der Waals surface area (Å²) < 4.78 is 0. The summed E-state index contributed by atoms with van der Waals surface area (Å²) in [4.78, 5) is 14.4. The maximum absolute atomic E-state index is 12.4. The molecule has 3 heteroatoms. The Morgan fingerprint density at radius 2 is 2.05 bits per heavy atom. The van der Waals surface area contributed by atoms with E-state index < -0.39 is 0 Å². The van der Waals surface area contributed by atoms with Crippen molar-refractivity contribution in [1.82, 2.24) is 10.2 Å². The standard InChI is InChI=1S/C17H24N2O/c1-3-15-13-19(16(4-2)12-18-15)17(20)11-10-14-8-6-5-7-9-14/h5-11,15-16,18H,3-4,12-13H2,1-2H3. The van der Waals surface area contributed by atoms with Gasteiger partial charge in [0.15, 0.2) is 0 Å². The van der Waals surface area contributed by atoms with Crippen LogP contribution in [0.3, 0.4) is 0 Å². The molecule has 0 spiro atoms. The Morgan fingerprint density at radius 3 is 2.70 bits per heavy atom. The van der Waals surface area contributed by atoms with Crippen molar-refractivity contribution in [3.8, 4) is 0 Å². The Hall–Kier alpha value is -1.61. The van der Waals surface area contributed by atoms with Crippen molar-refractivity contribution >= 4 is 12.0 Å². The van der Waals surface area contributed by atoms with Gasteiger partial charge in [-0.25, -0.2) is 0 Å². The first-order chi connectivity index (χ1) is 9.74. The highest BCUT2D eigenvalue weighted by Crippen LogP contribution is 2.13. The van der Waals surface area contributed by atoms with Crippen molar-refractivity contribution in [2.75, 3.05) is 13.1 Å². The van der Waals surface area contributed by atoms with Gasteiger partial charge < -0.3 is 10.2 Å². The van der Waals surface area contributed by atoms with Crippen LogP contribution in [0.15, 0.2) is 36.4 Å². The van der Waals surface area contributed by atoms with Crippen LogP contribution in [0.1, 0.15) is 32.3 Å². The molecule has 2 unspecified atom stereocenters. The van der Waals surface area contributed by atoms with E-state index in [9.17, 15) is 4.79 Å². The second kappa shape index (κ2) is 7.25. The molecule has 1 aromatic carbocycles. The third-order valence-corrected chi connectivity index (χ3v) is 3.97. The van der Waals surface area contributed by atoms with Crippen LogP contribution in [0.25, 0.3) is 6.08 Å². The van der Waals surface area contributed by atoms with Gasteiger partial charge in [0.1, 0.15) is 0 Å². The van der Waals surface area contributed by atoms with Gasteiger partial charge in [-0.15, -0.1) is 0 Å². The van der Waals surface area contributed by atoms with Gasteiger partial charge in [-0.1, -0.05) is 44.2 Å². The highest BCUT2D eigenvalue weighted by Gasteiger charge is 2.28. The van der Waals surface area contributed by atoms with Crippen LogP contribution in [0.5, 0.6) is 0 Å². The molecule has 1 fully saturated rings. The number of hydrogen-bond acceptors (Lipinski definition) is 2. The summed E-state index contributed by atoms with van der Waals surface area (Å²) in [6, 6.07) is 10.7. The molecule has 2 rings (SSSR count). The summed E-state index contributed by atoms with van der Waals surface area (Å²) in [5.74, 6) is 0.126. The predicted molar refractivity (Wildman–Crippen MR) is 83.3 cm³/mol. The molecule has 1 aromatic rings. The van der Waals surface area contributed by atoms with E-state index in [1.807, 2.05) is 41.3 Å². The topological polar surface area (TPSA) is 32.3 Å². The van der Waals surface area contributed by atoms with E-state index in [0.29, 0.717) is 12.1 Å². The van der Waals surface area contributed by atoms with E-state index in [1.54, 1.807) is 6.08 Å². The smallest absolute Gasteiger partial charge is 0.246 e. The van der Waals surface area contributed by atoms with Gasteiger partial charge in [-0.2, -0.15) is 0 Å². The van der Waals surface area contributed by atoms with Gasteiger partial charge in [0.05, 0.1) is 0 Å². The van der Waals surface area contributed by atoms with Crippen molar-refractivity contribution in [1.29, 1.82) is 0 Å². The van der Waals surface area contributed by atoms with Crippen molar-refractivity contribution in [3.05, 3.63) is 42.0 Å². The monoisotopic (exact) mass is 272 g/mol. The SMILES string of the molecule is CCC1CN(C(=O)C=Cc2ccccc2)C(CC)CN1. The molecule has 0 radical (unpaired) electrons. The first-order valence-corrected chi connectivity index (χ1v) is 7.51. The Balaban J connectivity index is 2.03. The quantitative estimate of drug-likeness (QED) is 0.855. The molecule has 0 aliphatic carbocycles. The summed E-state index contributed by atoms with van der Waals surface area (Å²) in [5.41, 5.74) is 1.07. The highest BCUT2D eigenvalue weighted by molar-refractivity contribution is 5.92. The number of amides is 1. The van der Waals surface area contributed by atoms with E-state index in [1.165, 1.54) is 0 Å². The maximum Gasteiger partial charge on any atom is 0.246 e. The second-order valence-electron chi connectivity index (χ2n) is 5.31. The molecule has 1 amide bonds. The molecule has 20 heavy (non-hydrogen) atoms. The summed E-state index contributed by atoms with van der Waals surface area (Å²) >= 11 is 0. The van der Waals surface area contributed by atoms with Crippen LogP contribution < -0.4 is 5.32 Å². The van der Waals surface area contributed by atoms with Gasteiger partial charge in [-0.05, 0) is 24.5 Å².